The lowest BCUT2D eigenvalue weighted by molar-refractivity contribution is -0.146. The van der Waals surface area contributed by atoms with Gasteiger partial charge in [-0.15, -0.1) is 5.10 Å². The predicted molar refractivity (Wildman–Crippen MR) is 185 cm³/mol. The molecule has 1 aliphatic heterocycles. The van der Waals surface area contributed by atoms with Crippen molar-refractivity contribution < 1.29 is 19.0 Å². The van der Waals surface area contributed by atoms with Gasteiger partial charge < -0.3 is 19.5 Å². The lowest BCUT2D eigenvalue weighted by Gasteiger charge is -2.30. The molecule has 1 fully saturated rings. The molecule has 8 nitrogen and oxygen atoms in total. The zero-order chi connectivity index (χ0) is 32.2. The minimum atomic E-state index is -0.620. The van der Waals surface area contributed by atoms with E-state index in [0.717, 1.165) is 47.9 Å². The maximum absolute atomic E-state index is 13.9. The smallest absolute Gasteiger partial charge is 0.338 e. The summed E-state index contributed by atoms with van der Waals surface area (Å²) < 4.78 is 20.7. The SMILES string of the molecule is COc1cc(C2C(C(=O)OC3CCCCC3)=C(C)Nc3nc(SCc4ccccc4Cl)nn32)cc(Br)c1OCc1cccc(C)c1. The Labute approximate surface area is 287 Å². The maximum atomic E-state index is 13.9. The van der Waals surface area contributed by atoms with Crippen LogP contribution >= 0.6 is 39.3 Å². The number of esters is 1. The van der Waals surface area contributed by atoms with Gasteiger partial charge in [0.05, 0.1) is 17.2 Å². The zero-order valence-electron chi connectivity index (χ0n) is 26.0. The summed E-state index contributed by atoms with van der Waals surface area (Å²) >= 11 is 11.6. The van der Waals surface area contributed by atoms with Gasteiger partial charge in [-0.25, -0.2) is 9.48 Å². The van der Waals surface area contributed by atoms with E-state index in [0.29, 0.717) is 55.7 Å². The number of fused-ring (bicyclic) bond motifs is 1. The van der Waals surface area contributed by atoms with Crippen LogP contribution in [0.1, 0.15) is 67.3 Å². The number of benzene rings is 3. The monoisotopic (exact) mass is 722 g/mol. The van der Waals surface area contributed by atoms with Gasteiger partial charge in [0, 0.05) is 16.5 Å². The second-order valence-electron chi connectivity index (χ2n) is 11.6. The number of hydrogen-bond donors (Lipinski definition) is 1. The van der Waals surface area contributed by atoms with Crippen LogP contribution in [0.4, 0.5) is 5.95 Å². The van der Waals surface area contributed by atoms with Gasteiger partial charge in [0.25, 0.3) is 0 Å². The number of allylic oxidation sites excluding steroid dienone is 1. The molecule has 3 aromatic carbocycles. The Morgan fingerprint density at radius 1 is 1.09 bits per heavy atom. The number of nitrogens with zero attached hydrogens (tertiary/aromatic N) is 3. The van der Waals surface area contributed by atoms with Crippen molar-refractivity contribution in [1.82, 2.24) is 14.8 Å². The van der Waals surface area contributed by atoms with Gasteiger partial charge in [0.2, 0.25) is 11.1 Å². The number of nitrogens with one attached hydrogen (secondary N) is 1. The van der Waals surface area contributed by atoms with E-state index in [4.69, 9.17) is 35.9 Å². The molecular weight excluding hydrogens is 688 g/mol. The molecule has 1 unspecified atom stereocenters. The number of methoxy groups -OCH3 is 1. The molecule has 2 aliphatic rings. The van der Waals surface area contributed by atoms with Crippen molar-refractivity contribution in [3.05, 3.63) is 104 Å². The van der Waals surface area contributed by atoms with Gasteiger partial charge in [0.15, 0.2) is 11.5 Å². The van der Waals surface area contributed by atoms with Crippen LogP contribution in [0, 0.1) is 6.92 Å². The second-order valence-corrected chi connectivity index (χ2v) is 13.8. The first-order valence-corrected chi connectivity index (χ1v) is 17.5. The third kappa shape index (κ3) is 7.24. The van der Waals surface area contributed by atoms with Crippen LogP contribution in [0.3, 0.4) is 0 Å². The van der Waals surface area contributed by atoms with E-state index in [1.165, 1.54) is 18.2 Å². The highest BCUT2D eigenvalue weighted by atomic mass is 79.9. The first-order chi connectivity index (χ1) is 22.3. The average molecular weight is 724 g/mol. The summed E-state index contributed by atoms with van der Waals surface area (Å²) in [6.45, 7) is 4.31. The van der Waals surface area contributed by atoms with E-state index in [9.17, 15) is 4.79 Å². The summed E-state index contributed by atoms with van der Waals surface area (Å²) in [5, 5.41) is 9.47. The Morgan fingerprint density at radius 2 is 1.89 bits per heavy atom. The molecule has 0 spiro atoms. The summed E-state index contributed by atoms with van der Waals surface area (Å²) in [6, 6.07) is 19.2. The van der Waals surface area contributed by atoms with Crippen LogP contribution in [-0.2, 0) is 21.9 Å². The standard InChI is InChI=1S/C35H36BrClN4O4S/c1-21-10-9-11-23(16-21)19-44-32-27(36)17-25(18-29(32)43-3)31-30(33(42)45-26-13-5-4-6-14-26)22(2)38-34-39-35(40-41(31)34)46-20-24-12-7-8-15-28(24)37/h7-12,15-18,26,31H,4-6,13-14,19-20H2,1-3H3,(H,38,39,40). The number of halogens is 2. The molecule has 0 amide bonds. The van der Waals surface area contributed by atoms with Gasteiger partial charge in [-0.05, 0) is 90.4 Å². The first kappa shape index (κ1) is 32.5. The van der Waals surface area contributed by atoms with Crippen LogP contribution in [0.15, 0.2) is 81.6 Å². The van der Waals surface area contributed by atoms with E-state index >= 15 is 0 Å². The molecule has 1 N–H and O–H groups in total. The highest BCUT2D eigenvalue weighted by molar-refractivity contribution is 9.10. The van der Waals surface area contributed by atoms with E-state index in [1.807, 2.05) is 55.5 Å². The average Bonchev–Trinajstić information content (AvgIpc) is 3.45. The molecular formula is C35H36BrClN4O4S. The van der Waals surface area contributed by atoms with E-state index in [2.05, 4.69) is 40.3 Å². The van der Waals surface area contributed by atoms with Crippen LogP contribution in [0.5, 0.6) is 11.5 Å². The van der Waals surface area contributed by atoms with Crippen molar-refractivity contribution in [3.63, 3.8) is 0 Å². The molecule has 240 valence electrons. The molecule has 0 bridgehead atoms. The third-order valence-electron chi connectivity index (χ3n) is 8.23. The molecule has 1 atom stereocenters. The lowest BCUT2D eigenvalue weighted by atomic mass is 9.94. The van der Waals surface area contributed by atoms with Crippen LogP contribution in [0.25, 0.3) is 0 Å². The van der Waals surface area contributed by atoms with Crippen molar-refractivity contribution in [2.24, 2.45) is 0 Å². The van der Waals surface area contributed by atoms with Crippen molar-refractivity contribution in [2.75, 3.05) is 12.4 Å². The van der Waals surface area contributed by atoms with Gasteiger partial charge in [-0.2, -0.15) is 4.98 Å². The minimum absolute atomic E-state index is 0.0975. The minimum Gasteiger partial charge on any atom is -0.493 e. The zero-order valence-corrected chi connectivity index (χ0v) is 29.2. The maximum Gasteiger partial charge on any atom is 0.338 e. The fraction of sp³-hybridized carbons (Fsp3) is 0.343. The number of aryl methyl sites for hydroxylation is 1. The topological polar surface area (TPSA) is 87.5 Å². The first-order valence-electron chi connectivity index (χ1n) is 15.4. The van der Waals surface area contributed by atoms with E-state index in [-0.39, 0.29) is 12.1 Å². The third-order valence-corrected chi connectivity index (χ3v) is 10.1. The summed E-state index contributed by atoms with van der Waals surface area (Å²) in [6.07, 6.45) is 4.94. The number of carbonyl (C=O) groups excluding carboxylic acids is 1. The highest BCUT2D eigenvalue weighted by Gasteiger charge is 2.37. The Bertz CT molecular complexity index is 1770. The molecule has 11 heteroatoms. The highest BCUT2D eigenvalue weighted by Crippen LogP contribution is 2.44. The van der Waals surface area contributed by atoms with E-state index < -0.39 is 6.04 Å². The summed E-state index contributed by atoms with van der Waals surface area (Å²) in [7, 11) is 1.61. The number of aromatic nitrogens is 3. The summed E-state index contributed by atoms with van der Waals surface area (Å²) in [5.74, 6) is 1.88. The lowest BCUT2D eigenvalue weighted by Crippen LogP contribution is -2.32. The van der Waals surface area contributed by atoms with Crippen molar-refractivity contribution in [3.8, 4) is 11.5 Å². The number of rotatable bonds is 10. The van der Waals surface area contributed by atoms with Crippen LogP contribution in [-0.4, -0.2) is 33.9 Å². The Kier molecular flexibility index (Phi) is 10.3. The molecule has 1 saturated carbocycles. The summed E-state index contributed by atoms with van der Waals surface area (Å²) in [4.78, 5) is 18.7. The molecule has 1 aromatic heterocycles. The molecule has 2 heterocycles. The molecule has 4 aromatic rings. The molecule has 0 radical (unpaired) electrons. The van der Waals surface area contributed by atoms with Gasteiger partial charge in [0.1, 0.15) is 18.8 Å². The predicted octanol–water partition coefficient (Wildman–Crippen LogP) is 9.05. The number of anilines is 1. The Hall–Kier alpha value is -3.47. The molecule has 1 aliphatic carbocycles. The Balaban J connectivity index is 1.35. The van der Waals surface area contributed by atoms with Crippen molar-refractivity contribution >= 4 is 51.2 Å². The number of hydrogen-bond acceptors (Lipinski definition) is 8. The normalized spacial score (nSPS) is 16.5. The van der Waals surface area contributed by atoms with Crippen molar-refractivity contribution in [2.45, 2.75) is 75.6 Å². The molecule has 46 heavy (non-hydrogen) atoms. The second kappa shape index (κ2) is 14.5. The van der Waals surface area contributed by atoms with Crippen LogP contribution in [0.2, 0.25) is 5.02 Å². The van der Waals surface area contributed by atoms with Gasteiger partial charge in [-0.3, -0.25) is 0 Å². The fourth-order valence-corrected chi connectivity index (χ4v) is 7.60. The van der Waals surface area contributed by atoms with Crippen LogP contribution < -0.4 is 14.8 Å². The number of ether oxygens (including phenoxy) is 3. The quantitative estimate of drug-likeness (QED) is 0.128. The summed E-state index contributed by atoms with van der Waals surface area (Å²) in [5.41, 5.74) is 5.13. The fourth-order valence-electron chi connectivity index (χ4n) is 5.92. The van der Waals surface area contributed by atoms with Crippen molar-refractivity contribution in [1.29, 1.82) is 0 Å². The molecule has 0 saturated heterocycles. The molecule has 6 rings (SSSR count). The van der Waals surface area contributed by atoms with E-state index in [1.54, 1.807) is 11.8 Å². The Morgan fingerprint density at radius 3 is 2.65 bits per heavy atom. The number of carbonyl (C=O) groups is 1. The largest absolute Gasteiger partial charge is 0.493 e. The van der Waals surface area contributed by atoms with Gasteiger partial charge in [-0.1, -0.05) is 77.8 Å². The van der Waals surface area contributed by atoms with Gasteiger partial charge >= 0.3 is 5.97 Å². The number of thioether (sulfide) groups is 1.